The number of amides is 1. The predicted molar refractivity (Wildman–Crippen MR) is 123 cm³/mol. The Morgan fingerprint density at radius 2 is 1.94 bits per heavy atom. The molecule has 0 spiro atoms. The van der Waals surface area contributed by atoms with Gasteiger partial charge in [-0.05, 0) is 42.3 Å². The first-order valence-corrected chi connectivity index (χ1v) is 10.6. The van der Waals surface area contributed by atoms with Gasteiger partial charge in [0.2, 0.25) is 0 Å². The van der Waals surface area contributed by atoms with Gasteiger partial charge in [-0.2, -0.15) is 5.10 Å². The molecule has 0 radical (unpaired) electrons. The zero-order chi connectivity index (χ0) is 22.1. The Hall–Kier alpha value is -2.67. The molecular formula is C22H19Cl3N4O2. The van der Waals surface area contributed by atoms with Gasteiger partial charge in [0.05, 0.1) is 33.9 Å². The first-order chi connectivity index (χ1) is 14.9. The van der Waals surface area contributed by atoms with E-state index >= 15 is 0 Å². The Morgan fingerprint density at radius 1 is 1.13 bits per heavy atom. The van der Waals surface area contributed by atoms with Crippen LogP contribution >= 0.6 is 34.8 Å². The average Bonchev–Trinajstić information content (AvgIpc) is 3.21. The lowest BCUT2D eigenvalue weighted by Crippen LogP contribution is -2.34. The summed E-state index contributed by atoms with van der Waals surface area (Å²) < 4.78 is 6.93. The molecule has 0 saturated carbocycles. The summed E-state index contributed by atoms with van der Waals surface area (Å²) in [4.78, 5) is 13.3. The molecule has 9 heteroatoms. The van der Waals surface area contributed by atoms with Crippen LogP contribution in [0.25, 0.3) is 0 Å². The summed E-state index contributed by atoms with van der Waals surface area (Å²) in [6, 6.07) is 12.1. The van der Waals surface area contributed by atoms with E-state index in [0.717, 1.165) is 22.6 Å². The highest BCUT2D eigenvalue weighted by Gasteiger charge is 2.32. The van der Waals surface area contributed by atoms with E-state index in [1.807, 2.05) is 25.1 Å². The number of fused-ring (bicyclic) bond motifs is 1. The van der Waals surface area contributed by atoms with Gasteiger partial charge in [-0.3, -0.25) is 4.79 Å². The van der Waals surface area contributed by atoms with Crippen LogP contribution in [0.3, 0.4) is 0 Å². The van der Waals surface area contributed by atoms with E-state index in [1.165, 1.54) is 0 Å². The number of halogens is 3. The van der Waals surface area contributed by atoms with Gasteiger partial charge in [-0.15, -0.1) is 0 Å². The Balaban J connectivity index is 1.65. The molecule has 1 aliphatic heterocycles. The molecule has 1 atom stereocenters. The number of hydrogen-bond donors (Lipinski definition) is 2. The number of ether oxygens (including phenoxy) is 1. The molecule has 1 unspecified atom stereocenters. The number of nitrogens with one attached hydrogen (secondary N) is 2. The number of aromatic nitrogens is 2. The minimum absolute atomic E-state index is 0.228. The molecule has 1 amide bonds. The molecule has 2 heterocycles. The Labute approximate surface area is 194 Å². The number of rotatable bonds is 5. The molecule has 2 N–H and O–H groups in total. The fourth-order valence-corrected chi connectivity index (χ4v) is 4.17. The van der Waals surface area contributed by atoms with Crippen molar-refractivity contribution in [2.24, 2.45) is 0 Å². The second-order valence-corrected chi connectivity index (χ2v) is 8.27. The lowest BCUT2D eigenvalue weighted by atomic mass is 9.94. The molecule has 1 aromatic heterocycles. The number of benzene rings is 2. The van der Waals surface area contributed by atoms with Gasteiger partial charge >= 0.3 is 0 Å². The lowest BCUT2D eigenvalue weighted by molar-refractivity contribution is -0.118. The van der Waals surface area contributed by atoms with Crippen LogP contribution in [0, 0.1) is 0 Å². The van der Waals surface area contributed by atoms with Gasteiger partial charge in [0.1, 0.15) is 17.6 Å². The molecule has 31 heavy (non-hydrogen) atoms. The second-order valence-electron chi connectivity index (χ2n) is 7.05. The van der Waals surface area contributed by atoms with E-state index in [1.54, 1.807) is 42.3 Å². The first-order valence-electron chi connectivity index (χ1n) is 9.46. The fraction of sp³-hybridized carbons (Fsp3) is 0.182. The van der Waals surface area contributed by atoms with E-state index < -0.39 is 6.04 Å². The number of allylic oxidation sites excluding steroid dienone is 1. The summed E-state index contributed by atoms with van der Waals surface area (Å²) in [6.07, 6.45) is 1.68. The Bertz CT molecular complexity index is 1190. The minimum atomic E-state index is -0.458. The molecule has 6 nitrogen and oxygen atoms in total. The third kappa shape index (κ3) is 4.24. The number of hydrogen-bond acceptors (Lipinski definition) is 4. The van der Waals surface area contributed by atoms with Crippen LogP contribution in [0.15, 0.2) is 59.9 Å². The molecule has 4 rings (SSSR count). The van der Waals surface area contributed by atoms with Crippen LogP contribution < -0.4 is 15.4 Å². The van der Waals surface area contributed by atoms with Crippen molar-refractivity contribution in [1.82, 2.24) is 15.1 Å². The summed E-state index contributed by atoms with van der Waals surface area (Å²) in [7, 11) is 1.56. The maximum atomic E-state index is 13.3. The Kier molecular flexibility index (Phi) is 6.14. The van der Waals surface area contributed by atoms with Crippen LogP contribution in [0.1, 0.15) is 24.1 Å². The highest BCUT2D eigenvalue weighted by atomic mass is 35.5. The van der Waals surface area contributed by atoms with Crippen LogP contribution in [-0.4, -0.2) is 22.8 Å². The number of nitrogens with zero attached hydrogens (tertiary/aromatic N) is 2. The quantitative estimate of drug-likeness (QED) is 0.512. The molecule has 0 saturated heterocycles. The average molecular weight is 478 g/mol. The molecule has 0 bridgehead atoms. The van der Waals surface area contributed by atoms with Crippen LogP contribution in [0.2, 0.25) is 15.1 Å². The van der Waals surface area contributed by atoms with Crippen LogP contribution in [0.5, 0.6) is 5.75 Å². The highest BCUT2D eigenvalue weighted by molar-refractivity contribution is 6.42. The van der Waals surface area contributed by atoms with E-state index in [9.17, 15) is 4.79 Å². The van der Waals surface area contributed by atoms with E-state index in [0.29, 0.717) is 32.9 Å². The summed E-state index contributed by atoms with van der Waals surface area (Å²) in [5.41, 5.74) is 2.92. The largest absolute Gasteiger partial charge is 0.495 e. The summed E-state index contributed by atoms with van der Waals surface area (Å²) in [6.45, 7) is 2.17. The molecule has 160 valence electrons. The monoisotopic (exact) mass is 476 g/mol. The summed E-state index contributed by atoms with van der Waals surface area (Å²) in [5.74, 6) is 1.14. The van der Waals surface area contributed by atoms with E-state index in [2.05, 4.69) is 15.7 Å². The summed E-state index contributed by atoms with van der Waals surface area (Å²) >= 11 is 18.6. The fourth-order valence-electron chi connectivity index (χ4n) is 3.59. The van der Waals surface area contributed by atoms with Crippen molar-refractivity contribution >= 4 is 46.5 Å². The van der Waals surface area contributed by atoms with Crippen molar-refractivity contribution < 1.29 is 9.53 Å². The SMILES string of the molecule is COc1ccc(CNC(=O)C2=C(C)Nc3ccnn3C2c2ccc(Cl)c(Cl)c2)cc1Cl. The number of methoxy groups -OCH3 is 1. The van der Waals surface area contributed by atoms with Crippen LogP contribution in [-0.2, 0) is 11.3 Å². The molecule has 0 fully saturated rings. The molecule has 1 aliphatic rings. The van der Waals surface area contributed by atoms with Gasteiger partial charge in [-0.25, -0.2) is 4.68 Å². The second kappa shape index (κ2) is 8.83. The minimum Gasteiger partial charge on any atom is -0.495 e. The van der Waals surface area contributed by atoms with Crippen molar-refractivity contribution in [3.05, 3.63) is 86.1 Å². The standard InChI is InChI=1S/C22H19Cl3N4O2/c1-12-20(22(30)26-11-13-3-6-18(31-2)17(25)9-13)21(29-19(28-12)7-8-27-29)14-4-5-15(23)16(24)10-14/h3-10,21,28H,11H2,1-2H3,(H,26,30). The van der Waals surface area contributed by atoms with Crippen molar-refractivity contribution in [2.45, 2.75) is 19.5 Å². The maximum absolute atomic E-state index is 13.3. The third-order valence-corrected chi connectivity index (χ3v) is 6.12. The Morgan fingerprint density at radius 3 is 2.65 bits per heavy atom. The van der Waals surface area contributed by atoms with Gasteiger partial charge < -0.3 is 15.4 Å². The van der Waals surface area contributed by atoms with E-state index in [4.69, 9.17) is 39.5 Å². The molecular weight excluding hydrogens is 459 g/mol. The molecule has 2 aromatic carbocycles. The third-order valence-electron chi connectivity index (χ3n) is 5.08. The maximum Gasteiger partial charge on any atom is 0.251 e. The van der Waals surface area contributed by atoms with Crippen molar-refractivity contribution in [1.29, 1.82) is 0 Å². The van der Waals surface area contributed by atoms with Crippen molar-refractivity contribution in [2.75, 3.05) is 12.4 Å². The number of carbonyl (C=O) groups is 1. The van der Waals surface area contributed by atoms with Crippen molar-refractivity contribution in [3.63, 3.8) is 0 Å². The lowest BCUT2D eigenvalue weighted by Gasteiger charge is -2.30. The molecule has 0 aliphatic carbocycles. The zero-order valence-corrected chi connectivity index (χ0v) is 19.0. The topological polar surface area (TPSA) is 68.2 Å². The smallest absolute Gasteiger partial charge is 0.251 e. The predicted octanol–water partition coefficient (Wildman–Crippen LogP) is 5.46. The van der Waals surface area contributed by atoms with Crippen molar-refractivity contribution in [3.8, 4) is 5.75 Å². The van der Waals surface area contributed by atoms with Gasteiger partial charge in [0, 0.05) is 18.3 Å². The van der Waals surface area contributed by atoms with Gasteiger partial charge in [0.25, 0.3) is 5.91 Å². The van der Waals surface area contributed by atoms with Gasteiger partial charge in [0.15, 0.2) is 0 Å². The van der Waals surface area contributed by atoms with Gasteiger partial charge in [-0.1, -0.05) is 46.9 Å². The normalized spacial score (nSPS) is 15.3. The van der Waals surface area contributed by atoms with E-state index in [-0.39, 0.29) is 5.91 Å². The highest BCUT2D eigenvalue weighted by Crippen LogP contribution is 2.37. The zero-order valence-electron chi connectivity index (χ0n) is 16.7. The number of anilines is 1. The van der Waals surface area contributed by atoms with Crippen LogP contribution in [0.4, 0.5) is 5.82 Å². The number of carbonyl (C=O) groups excluding carboxylic acids is 1. The molecule has 3 aromatic rings. The summed E-state index contributed by atoms with van der Waals surface area (Å²) in [5, 5.41) is 12.0. The first kappa shape index (κ1) is 21.6.